The van der Waals surface area contributed by atoms with Gasteiger partial charge in [-0.05, 0) is 49.6 Å². The molecule has 0 bridgehead atoms. The number of halogens is 1. The molecule has 1 aliphatic rings. The summed E-state index contributed by atoms with van der Waals surface area (Å²) in [6, 6.07) is 11.8. The molecule has 1 fully saturated rings. The number of hydrogen-bond donors (Lipinski definition) is 1. The molecule has 0 spiro atoms. The number of aromatic nitrogens is 1. The number of aliphatic carboxylic acids is 1. The third-order valence-corrected chi connectivity index (χ3v) is 5.15. The van der Waals surface area contributed by atoms with E-state index < -0.39 is 5.97 Å². The van der Waals surface area contributed by atoms with Crippen molar-refractivity contribution in [3.8, 4) is 11.1 Å². The van der Waals surface area contributed by atoms with Crippen LogP contribution in [0.25, 0.3) is 11.1 Å². The van der Waals surface area contributed by atoms with Gasteiger partial charge in [-0.15, -0.1) is 0 Å². The molecule has 0 saturated carbocycles. The van der Waals surface area contributed by atoms with Crippen LogP contribution in [-0.2, 0) is 16.1 Å². The van der Waals surface area contributed by atoms with E-state index in [-0.39, 0.29) is 12.5 Å². The average molecular weight is 389 g/mol. The maximum Gasteiger partial charge on any atom is 0.303 e. The van der Waals surface area contributed by atoms with Gasteiger partial charge >= 0.3 is 5.97 Å². The van der Waals surface area contributed by atoms with Crippen molar-refractivity contribution >= 4 is 17.6 Å². The van der Waals surface area contributed by atoms with Crippen molar-refractivity contribution in [3.05, 3.63) is 53.3 Å². The first-order valence-corrected chi connectivity index (χ1v) is 9.75. The van der Waals surface area contributed by atoms with Crippen LogP contribution in [0.2, 0.25) is 5.02 Å². The summed E-state index contributed by atoms with van der Waals surface area (Å²) >= 11 is 5.99. The van der Waals surface area contributed by atoms with Gasteiger partial charge < -0.3 is 14.7 Å². The molecule has 1 aromatic heterocycles. The van der Waals surface area contributed by atoms with Crippen LogP contribution in [0, 0.1) is 0 Å². The third kappa shape index (κ3) is 6.03. The number of carbonyl (C=O) groups is 1. The van der Waals surface area contributed by atoms with Gasteiger partial charge in [0.2, 0.25) is 0 Å². The highest BCUT2D eigenvalue weighted by Gasteiger charge is 2.20. The molecule has 0 atom stereocenters. The first-order valence-electron chi connectivity index (χ1n) is 9.37. The molecule has 0 aliphatic carbocycles. The minimum atomic E-state index is -0.722. The lowest BCUT2D eigenvalue weighted by molar-refractivity contribution is -0.137. The molecule has 0 unspecified atom stereocenters. The number of nitrogens with zero attached hydrogens (tertiary/aromatic N) is 2. The van der Waals surface area contributed by atoms with Gasteiger partial charge in [0.1, 0.15) is 0 Å². The lowest BCUT2D eigenvalue weighted by Crippen LogP contribution is -2.37. The Kier molecular flexibility index (Phi) is 7.21. The number of likely N-dealkylation sites (tertiary alicyclic amines) is 1. The molecule has 2 heterocycles. The van der Waals surface area contributed by atoms with Crippen LogP contribution >= 0.6 is 11.6 Å². The summed E-state index contributed by atoms with van der Waals surface area (Å²) in [5.74, 6) is -0.722. The Balaban J connectivity index is 1.50. The molecule has 2 aromatic rings. The normalized spacial score (nSPS) is 15.7. The van der Waals surface area contributed by atoms with E-state index in [0.717, 1.165) is 54.3 Å². The number of pyridine rings is 1. The zero-order chi connectivity index (χ0) is 19.1. The van der Waals surface area contributed by atoms with Gasteiger partial charge in [0, 0.05) is 36.3 Å². The maximum absolute atomic E-state index is 10.6. The molecule has 27 heavy (non-hydrogen) atoms. The smallest absolute Gasteiger partial charge is 0.303 e. The predicted molar refractivity (Wildman–Crippen MR) is 106 cm³/mol. The Bertz CT molecular complexity index is 743. The lowest BCUT2D eigenvalue weighted by Gasteiger charge is -2.31. The van der Waals surface area contributed by atoms with E-state index in [1.165, 1.54) is 0 Å². The van der Waals surface area contributed by atoms with Gasteiger partial charge in [-0.3, -0.25) is 9.78 Å². The molecule has 1 N–H and O–H groups in total. The van der Waals surface area contributed by atoms with Crippen molar-refractivity contribution in [1.29, 1.82) is 0 Å². The number of carboxylic acids is 1. The molecule has 144 valence electrons. The van der Waals surface area contributed by atoms with E-state index >= 15 is 0 Å². The van der Waals surface area contributed by atoms with Crippen molar-refractivity contribution in [1.82, 2.24) is 9.88 Å². The molecule has 0 amide bonds. The number of carboxylic acid groups (broad SMARTS) is 1. The summed E-state index contributed by atoms with van der Waals surface area (Å²) in [5, 5.41) is 9.45. The quantitative estimate of drug-likeness (QED) is 0.732. The molecular formula is C21H25ClN2O3. The summed E-state index contributed by atoms with van der Waals surface area (Å²) in [5.41, 5.74) is 3.09. The summed E-state index contributed by atoms with van der Waals surface area (Å²) in [7, 11) is 0. The van der Waals surface area contributed by atoms with E-state index in [2.05, 4.69) is 16.0 Å². The fourth-order valence-corrected chi connectivity index (χ4v) is 3.52. The van der Waals surface area contributed by atoms with Crippen LogP contribution in [0.3, 0.4) is 0 Å². The largest absolute Gasteiger partial charge is 0.481 e. The van der Waals surface area contributed by atoms with Gasteiger partial charge in [-0.25, -0.2) is 0 Å². The average Bonchev–Trinajstić information content (AvgIpc) is 2.68. The summed E-state index contributed by atoms with van der Waals surface area (Å²) in [6.07, 6.45) is 4.90. The predicted octanol–water partition coefficient (Wildman–Crippen LogP) is 4.25. The molecule has 5 nitrogen and oxygen atoms in total. The first-order chi connectivity index (χ1) is 13.1. The SMILES string of the molecule is O=C(O)CCCN1CCC(OCc2ncccc2-c2ccc(Cl)cc2)CC1. The van der Waals surface area contributed by atoms with E-state index in [1.54, 1.807) is 6.20 Å². The van der Waals surface area contributed by atoms with Crippen molar-refractivity contribution in [2.45, 2.75) is 38.4 Å². The Morgan fingerprint density at radius 2 is 1.96 bits per heavy atom. The lowest BCUT2D eigenvalue weighted by atomic mass is 10.0. The van der Waals surface area contributed by atoms with Crippen molar-refractivity contribution in [2.75, 3.05) is 19.6 Å². The second kappa shape index (κ2) is 9.83. The number of rotatable bonds is 8. The molecule has 3 rings (SSSR count). The number of ether oxygens (including phenoxy) is 1. The molecule has 0 radical (unpaired) electrons. The fourth-order valence-electron chi connectivity index (χ4n) is 3.40. The van der Waals surface area contributed by atoms with Gasteiger partial charge in [-0.1, -0.05) is 29.8 Å². The summed E-state index contributed by atoms with van der Waals surface area (Å²) < 4.78 is 6.14. The molecule has 1 aliphatic heterocycles. The molecule has 6 heteroatoms. The van der Waals surface area contributed by atoms with Crippen LogP contribution < -0.4 is 0 Å². The van der Waals surface area contributed by atoms with Crippen LogP contribution in [0.15, 0.2) is 42.6 Å². The van der Waals surface area contributed by atoms with Gasteiger partial charge in [0.05, 0.1) is 18.4 Å². The Morgan fingerprint density at radius 1 is 1.22 bits per heavy atom. The molecule has 1 aromatic carbocycles. The highest BCUT2D eigenvalue weighted by molar-refractivity contribution is 6.30. The minimum absolute atomic E-state index is 0.223. The Morgan fingerprint density at radius 3 is 2.67 bits per heavy atom. The molecule has 1 saturated heterocycles. The van der Waals surface area contributed by atoms with Gasteiger partial charge in [0.15, 0.2) is 0 Å². The van der Waals surface area contributed by atoms with E-state index in [0.29, 0.717) is 13.0 Å². The maximum atomic E-state index is 10.6. The topological polar surface area (TPSA) is 62.7 Å². The zero-order valence-electron chi connectivity index (χ0n) is 15.3. The third-order valence-electron chi connectivity index (χ3n) is 4.90. The van der Waals surface area contributed by atoms with E-state index in [1.807, 2.05) is 30.3 Å². The number of piperidine rings is 1. The van der Waals surface area contributed by atoms with Crippen LogP contribution in [0.4, 0.5) is 0 Å². The van der Waals surface area contributed by atoms with Gasteiger partial charge in [0.25, 0.3) is 0 Å². The second-order valence-electron chi connectivity index (χ2n) is 6.85. The Labute approximate surface area is 164 Å². The number of benzene rings is 1. The van der Waals surface area contributed by atoms with E-state index in [4.69, 9.17) is 21.4 Å². The monoisotopic (exact) mass is 388 g/mol. The highest BCUT2D eigenvalue weighted by Crippen LogP contribution is 2.25. The van der Waals surface area contributed by atoms with E-state index in [9.17, 15) is 4.79 Å². The van der Waals surface area contributed by atoms with Gasteiger partial charge in [-0.2, -0.15) is 0 Å². The van der Waals surface area contributed by atoms with Crippen LogP contribution in [-0.4, -0.2) is 46.7 Å². The molecular weight excluding hydrogens is 364 g/mol. The van der Waals surface area contributed by atoms with Crippen molar-refractivity contribution < 1.29 is 14.6 Å². The van der Waals surface area contributed by atoms with Crippen LogP contribution in [0.5, 0.6) is 0 Å². The fraction of sp³-hybridized carbons (Fsp3) is 0.429. The summed E-state index contributed by atoms with van der Waals surface area (Å²) in [6.45, 7) is 3.25. The van der Waals surface area contributed by atoms with Crippen LogP contribution in [0.1, 0.15) is 31.4 Å². The number of hydrogen-bond acceptors (Lipinski definition) is 4. The summed E-state index contributed by atoms with van der Waals surface area (Å²) in [4.78, 5) is 17.4. The standard InChI is InChI=1S/C21H25ClN2O3/c22-17-7-5-16(6-8-17)19-3-1-11-23-20(19)15-27-18-9-13-24(14-10-18)12-2-4-21(25)26/h1,3,5-8,11,18H,2,4,9-10,12-15H2,(H,25,26). The zero-order valence-corrected chi connectivity index (χ0v) is 16.1. The first kappa shape index (κ1) is 19.8. The minimum Gasteiger partial charge on any atom is -0.481 e. The highest BCUT2D eigenvalue weighted by atomic mass is 35.5. The Hall–Kier alpha value is -1.95. The second-order valence-corrected chi connectivity index (χ2v) is 7.29. The van der Waals surface area contributed by atoms with Crippen molar-refractivity contribution in [3.63, 3.8) is 0 Å². The van der Waals surface area contributed by atoms with Crippen molar-refractivity contribution in [2.24, 2.45) is 0 Å².